The molecule has 0 aliphatic carbocycles. The van der Waals surface area contributed by atoms with Crippen LogP contribution in [0.3, 0.4) is 0 Å². The summed E-state index contributed by atoms with van der Waals surface area (Å²) in [5, 5.41) is 3.33. The number of pyridine rings is 1. The second kappa shape index (κ2) is 8.96. The van der Waals surface area contributed by atoms with Gasteiger partial charge in [0, 0.05) is 74.7 Å². The number of nitrogens with zero attached hydrogens (tertiary/aromatic N) is 5. The number of hydrogen-bond donors (Lipinski definition) is 3. The van der Waals surface area contributed by atoms with Crippen LogP contribution in [-0.4, -0.2) is 65.1 Å². The van der Waals surface area contributed by atoms with Crippen molar-refractivity contribution in [1.29, 1.82) is 0 Å². The van der Waals surface area contributed by atoms with Crippen LogP contribution < -0.4 is 20.9 Å². The van der Waals surface area contributed by atoms with Crippen molar-refractivity contribution in [3.8, 4) is 22.5 Å². The number of nitrogens with one attached hydrogen (secondary N) is 2. The number of H-pyrrole nitrogens is 1. The number of piperazine rings is 1. The zero-order chi connectivity index (χ0) is 21.9. The third kappa shape index (κ3) is 4.16. The first kappa shape index (κ1) is 20.4. The highest BCUT2D eigenvalue weighted by atomic mass is 16.1. The number of piperidine rings is 1. The van der Waals surface area contributed by atoms with E-state index in [1.165, 1.54) is 19.3 Å². The summed E-state index contributed by atoms with van der Waals surface area (Å²) in [7, 11) is 0. The Morgan fingerprint density at radius 1 is 0.906 bits per heavy atom. The second-order valence-corrected chi connectivity index (χ2v) is 8.30. The van der Waals surface area contributed by atoms with Crippen LogP contribution in [0.15, 0.2) is 36.8 Å². The first-order valence-corrected chi connectivity index (χ1v) is 11.2. The topological polar surface area (TPSA) is 116 Å². The summed E-state index contributed by atoms with van der Waals surface area (Å²) >= 11 is 0. The number of rotatable bonds is 5. The summed E-state index contributed by atoms with van der Waals surface area (Å²) in [5.41, 5.74) is 9.59. The number of aromatic amines is 1. The normalized spacial score (nSPS) is 16.9. The highest BCUT2D eigenvalue weighted by Gasteiger charge is 2.21. The van der Waals surface area contributed by atoms with E-state index in [1.54, 1.807) is 6.20 Å². The molecule has 32 heavy (non-hydrogen) atoms. The fourth-order valence-corrected chi connectivity index (χ4v) is 4.39. The summed E-state index contributed by atoms with van der Waals surface area (Å²) in [6, 6.07) is 5.73. The highest BCUT2D eigenvalue weighted by Crippen LogP contribution is 2.30. The Morgan fingerprint density at radius 3 is 2.38 bits per heavy atom. The minimum absolute atomic E-state index is 0.433. The Labute approximate surface area is 187 Å². The first-order valence-electron chi connectivity index (χ1n) is 11.2. The summed E-state index contributed by atoms with van der Waals surface area (Å²) < 4.78 is 0. The van der Waals surface area contributed by atoms with E-state index in [2.05, 4.69) is 35.1 Å². The molecule has 2 fully saturated rings. The molecular formula is C23H28N8O. The van der Waals surface area contributed by atoms with Crippen molar-refractivity contribution in [2.24, 2.45) is 5.73 Å². The van der Waals surface area contributed by atoms with E-state index < -0.39 is 5.91 Å². The largest absolute Gasteiger partial charge is 0.365 e. The van der Waals surface area contributed by atoms with Gasteiger partial charge < -0.3 is 25.8 Å². The van der Waals surface area contributed by atoms with E-state index in [0.29, 0.717) is 5.56 Å². The Morgan fingerprint density at radius 2 is 1.66 bits per heavy atom. The molecule has 2 saturated heterocycles. The van der Waals surface area contributed by atoms with Crippen LogP contribution in [0.25, 0.3) is 22.5 Å². The van der Waals surface area contributed by atoms with Crippen molar-refractivity contribution in [2.45, 2.75) is 19.3 Å². The molecule has 5 heterocycles. The lowest BCUT2D eigenvalue weighted by Gasteiger charge is -2.28. The van der Waals surface area contributed by atoms with E-state index in [1.807, 2.05) is 30.6 Å². The van der Waals surface area contributed by atoms with Crippen molar-refractivity contribution in [3.05, 3.63) is 42.4 Å². The van der Waals surface area contributed by atoms with Gasteiger partial charge in [-0.3, -0.25) is 9.78 Å². The molecule has 3 aromatic heterocycles. The minimum Gasteiger partial charge on any atom is -0.365 e. The zero-order valence-electron chi connectivity index (χ0n) is 18.0. The summed E-state index contributed by atoms with van der Waals surface area (Å²) in [5.74, 6) is 1.12. The molecule has 0 bridgehead atoms. The molecule has 5 rings (SSSR count). The molecule has 0 aromatic carbocycles. The standard InChI is InChI=1S/C23H28N8O/c24-21(32)18-13-20(29-22(18)30-10-6-25-7-11-30)16-4-5-26-19(12-16)17-14-27-23(28-15-17)31-8-2-1-3-9-31/h4-5,12-15,25,29H,1-3,6-11H2,(H2,24,32). The Kier molecular flexibility index (Phi) is 5.72. The number of amides is 1. The summed E-state index contributed by atoms with van der Waals surface area (Å²) in [4.78, 5) is 33.6. The smallest absolute Gasteiger partial charge is 0.252 e. The second-order valence-electron chi connectivity index (χ2n) is 8.30. The fraction of sp³-hybridized carbons (Fsp3) is 0.391. The number of anilines is 2. The molecule has 0 saturated carbocycles. The molecule has 0 radical (unpaired) electrons. The minimum atomic E-state index is -0.433. The maximum Gasteiger partial charge on any atom is 0.252 e. The molecule has 4 N–H and O–H groups in total. The van der Waals surface area contributed by atoms with Crippen molar-refractivity contribution >= 4 is 17.7 Å². The van der Waals surface area contributed by atoms with Gasteiger partial charge in [0.1, 0.15) is 5.82 Å². The van der Waals surface area contributed by atoms with E-state index in [4.69, 9.17) is 5.73 Å². The lowest BCUT2D eigenvalue weighted by molar-refractivity contribution is 0.100. The Balaban J connectivity index is 1.42. The SMILES string of the molecule is NC(=O)c1cc(-c2ccnc(-c3cnc(N4CCCCC4)nc3)c2)[nH]c1N1CCNCC1. The molecule has 0 unspecified atom stereocenters. The quantitative estimate of drug-likeness (QED) is 0.565. The molecule has 9 heteroatoms. The van der Waals surface area contributed by atoms with Crippen LogP contribution in [0.2, 0.25) is 0 Å². The zero-order valence-corrected chi connectivity index (χ0v) is 18.0. The van der Waals surface area contributed by atoms with Gasteiger partial charge in [-0.15, -0.1) is 0 Å². The van der Waals surface area contributed by atoms with Gasteiger partial charge in [-0.05, 0) is 37.5 Å². The number of primary amides is 1. The lowest BCUT2D eigenvalue weighted by atomic mass is 10.1. The average molecular weight is 433 g/mol. The van der Waals surface area contributed by atoms with Crippen LogP contribution in [0.1, 0.15) is 29.6 Å². The maximum absolute atomic E-state index is 12.1. The van der Waals surface area contributed by atoms with Crippen molar-refractivity contribution in [3.63, 3.8) is 0 Å². The molecular weight excluding hydrogens is 404 g/mol. The molecule has 3 aromatic rings. The third-order valence-corrected chi connectivity index (χ3v) is 6.14. The molecule has 166 valence electrons. The van der Waals surface area contributed by atoms with Gasteiger partial charge >= 0.3 is 0 Å². The van der Waals surface area contributed by atoms with Gasteiger partial charge in [-0.2, -0.15) is 0 Å². The third-order valence-electron chi connectivity index (χ3n) is 6.14. The Hall–Kier alpha value is -3.46. The predicted molar refractivity (Wildman–Crippen MR) is 125 cm³/mol. The number of hydrogen-bond acceptors (Lipinski definition) is 7. The van der Waals surface area contributed by atoms with Gasteiger partial charge in [-0.1, -0.05) is 0 Å². The first-order chi connectivity index (χ1) is 15.7. The molecule has 1 amide bonds. The lowest BCUT2D eigenvalue weighted by Crippen LogP contribution is -2.44. The van der Waals surface area contributed by atoms with E-state index in [9.17, 15) is 4.79 Å². The average Bonchev–Trinajstić information content (AvgIpc) is 3.32. The van der Waals surface area contributed by atoms with Crippen LogP contribution in [-0.2, 0) is 0 Å². The van der Waals surface area contributed by atoms with E-state index >= 15 is 0 Å². The van der Waals surface area contributed by atoms with Crippen LogP contribution in [0.5, 0.6) is 0 Å². The van der Waals surface area contributed by atoms with Crippen molar-refractivity contribution in [1.82, 2.24) is 25.3 Å². The monoisotopic (exact) mass is 432 g/mol. The van der Waals surface area contributed by atoms with Gasteiger partial charge in [0.05, 0.1) is 11.3 Å². The molecule has 0 spiro atoms. The number of nitrogens with two attached hydrogens (primary N) is 1. The summed E-state index contributed by atoms with van der Waals surface area (Å²) in [6.45, 7) is 5.42. The number of aromatic nitrogens is 4. The summed E-state index contributed by atoms with van der Waals surface area (Å²) in [6.07, 6.45) is 9.08. The van der Waals surface area contributed by atoms with Crippen LogP contribution >= 0.6 is 0 Å². The van der Waals surface area contributed by atoms with Crippen molar-refractivity contribution in [2.75, 3.05) is 49.1 Å². The fourth-order valence-electron chi connectivity index (χ4n) is 4.39. The van der Waals surface area contributed by atoms with Gasteiger partial charge in [0.15, 0.2) is 0 Å². The highest BCUT2D eigenvalue weighted by molar-refractivity contribution is 5.99. The van der Waals surface area contributed by atoms with Crippen molar-refractivity contribution < 1.29 is 4.79 Å². The van der Waals surface area contributed by atoms with E-state index in [-0.39, 0.29) is 0 Å². The van der Waals surface area contributed by atoms with Gasteiger partial charge in [0.25, 0.3) is 5.91 Å². The number of carbonyl (C=O) groups excluding carboxylic acids is 1. The van der Waals surface area contributed by atoms with Crippen LogP contribution in [0, 0.1) is 0 Å². The predicted octanol–water partition coefficient (Wildman–Crippen LogP) is 2.03. The molecule has 2 aliphatic rings. The Bertz CT molecular complexity index is 1080. The molecule has 0 atom stereocenters. The molecule has 9 nitrogen and oxygen atoms in total. The van der Waals surface area contributed by atoms with Gasteiger partial charge in [-0.25, -0.2) is 9.97 Å². The van der Waals surface area contributed by atoms with Gasteiger partial charge in [0.2, 0.25) is 5.95 Å². The maximum atomic E-state index is 12.1. The molecule has 2 aliphatic heterocycles. The van der Waals surface area contributed by atoms with E-state index in [0.717, 1.165) is 73.5 Å². The number of carbonyl (C=O) groups is 1. The van der Waals surface area contributed by atoms with Crippen LogP contribution in [0.4, 0.5) is 11.8 Å².